The molecule has 0 amide bonds. The minimum absolute atomic E-state index is 0.0937. The molecule has 1 aliphatic carbocycles. The molecule has 0 saturated heterocycles. The van der Waals surface area contributed by atoms with Gasteiger partial charge in [0, 0.05) is 39.0 Å². The van der Waals surface area contributed by atoms with Crippen LogP contribution >= 0.6 is 7.14 Å². The summed E-state index contributed by atoms with van der Waals surface area (Å²) in [6, 6.07) is 29.4. The largest absolute Gasteiger partial charge is 0.313 e. The Balaban J connectivity index is 1.46. The molecular formula is C36H28N3OP. The van der Waals surface area contributed by atoms with Crippen LogP contribution in [0.15, 0.2) is 126 Å². The number of pyridine rings is 1. The van der Waals surface area contributed by atoms with Crippen LogP contribution in [0, 0.1) is 0 Å². The van der Waals surface area contributed by atoms with E-state index in [1.165, 1.54) is 0 Å². The molecule has 2 atom stereocenters. The smallest absolute Gasteiger partial charge is 0.151 e. The third-order valence-electron chi connectivity index (χ3n) is 8.48. The molecule has 198 valence electrons. The van der Waals surface area contributed by atoms with E-state index in [2.05, 4.69) is 107 Å². The lowest BCUT2D eigenvalue weighted by Crippen LogP contribution is -2.26. The van der Waals surface area contributed by atoms with Gasteiger partial charge in [-0.05, 0) is 43.0 Å². The number of hydrogen-bond donors (Lipinski definition) is 0. The Morgan fingerprint density at radius 3 is 2.34 bits per heavy atom. The summed E-state index contributed by atoms with van der Waals surface area (Å²) < 4.78 is 18.0. The Labute approximate surface area is 239 Å². The SMILES string of the molecule is O=P1(C2C=CC=CC2)c2ccccc2-c2c(n(-c3ccc(C4=CCCC=N4)nc3)c3ccccc23)-c2ccccc21. The van der Waals surface area contributed by atoms with Gasteiger partial charge in [0.25, 0.3) is 0 Å². The van der Waals surface area contributed by atoms with Crippen LogP contribution in [0.25, 0.3) is 44.7 Å². The van der Waals surface area contributed by atoms with Gasteiger partial charge in [-0.15, -0.1) is 0 Å². The summed E-state index contributed by atoms with van der Waals surface area (Å²) >= 11 is 0. The lowest BCUT2D eigenvalue weighted by molar-refractivity contribution is 0.582. The van der Waals surface area contributed by atoms with E-state index >= 15 is 4.57 Å². The van der Waals surface area contributed by atoms with Gasteiger partial charge in [0.15, 0.2) is 7.14 Å². The first-order valence-corrected chi connectivity index (χ1v) is 16.0. The van der Waals surface area contributed by atoms with Crippen molar-refractivity contribution in [3.05, 3.63) is 127 Å². The molecule has 2 aromatic heterocycles. The van der Waals surface area contributed by atoms with E-state index in [1.54, 1.807) is 0 Å². The highest BCUT2D eigenvalue weighted by molar-refractivity contribution is 7.80. The highest BCUT2D eigenvalue weighted by Gasteiger charge is 2.42. The van der Waals surface area contributed by atoms with Crippen molar-refractivity contribution in [1.29, 1.82) is 0 Å². The third kappa shape index (κ3) is 3.64. The molecular weight excluding hydrogens is 521 g/mol. The molecule has 0 bridgehead atoms. The van der Waals surface area contributed by atoms with Gasteiger partial charge in [-0.2, -0.15) is 0 Å². The topological polar surface area (TPSA) is 47.2 Å². The van der Waals surface area contributed by atoms with Crippen molar-refractivity contribution in [2.45, 2.75) is 24.9 Å². The predicted molar refractivity (Wildman–Crippen MR) is 171 cm³/mol. The fourth-order valence-electron chi connectivity index (χ4n) is 6.65. The van der Waals surface area contributed by atoms with Crippen LogP contribution in [-0.2, 0) is 4.57 Å². The molecule has 8 rings (SSSR count). The van der Waals surface area contributed by atoms with Crippen LogP contribution in [0.3, 0.4) is 0 Å². The van der Waals surface area contributed by atoms with Gasteiger partial charge in [-0.1, -0.05) is 97.1 Å². The quantitative estimate of drug-likeness (QED) is 0.214. The van der Waals surface area contributed by atoms with E-state index < -0.39 is 7.14 Å². The van der Waals surface area contributed by atoms with Gasteiger partial charge in [0.1, 0.15) is 0 Å². The molecule has 4 heterocycles. The van der Waals surface area contributed by atoms with E-state index in [0.29, 0.717) is 0 Å². The van der Waals surface area contributed by atoms with Crippen molar-refractivity contribution in [1.82, 2.24) is 9.55 Å². The summed E-state index contributed by atoms with van der Waals surface area (Å²) in [4.78, 5) is 9.43. The number of nitrogens with zero attached hydrogens (tertiary/aromatic N) is 3. The number of rotatable bonds is 3. The standard InChI is InChI=1S/C36H28N3OP/c40-41(26-12-2-1-3-13-26)33-19-8-5-15-28(33)35-27-14-4-7-18-32(27)39(36(35)29-16-6-9-20-34(29)41)25-21-22-31(38-24-25)30-17-10-11-23-37-30/h1-9,12,14-24,26H,10-11,13H2. The predicted octanol–water partition coefficient (Wildman–Crippen LogP) is 8.08. The molecule has 3 aromatic carbocycles. The second kappa shape index (κ2) is 9.54. The molecule has 0 fully saturated rings. The van der Waals surface area contributed by atoms with E-state index in [4.69, 9.17) is 4.98 Å². The van der Waals surface area contributed by atoms with Crippen molar-refractivity contribution in [2.75, 3.05) is 0 Å². The van der Waals surface area contributed by atoms with Gasteiger partial charge in [0.05, 0.1) is 34.5 Å². The first-order valence-electron chi connectivity index (χ1n) is 14.2. The van der Waals surface area contributed by atoms with Crippen molar-refractivity contribution in [3.63, 3.8) is 0 Å². The van der Waals surface area contributed by atoms with Crippen molar-refractivity contribution < 1.29 is 4.57 Å². The zero-order valence-corrected chi connectivity index (χ0v) is 23.4. The Morgan fingerprint density at radius 2 is 1.59 bits per heavy atom. The molecule has 0 N–H and O–H groups in total. The number of aliphatic imine (C=N–C) groups is 1. The highest BCUT2D eigenvalue weighted by Crippen LogP contribution is 2.58. The van der Waals surface area contributed by atoms with Gasteiger partial charge < -0.3 is 9.13 Å². The first-order chi connectivity index (χ1) is 20.2. The number of hydrogen-bond acceptors (Lipinski definition) is 3. The molecule has 0 saturated carbocycles. The molecule has 2 unspecified atom stereocenters. The minimum atomic E-state index is -3.07. The lowest BCUT2D eigenvalue weighted by atomic mass is 9.98. The zero-order chi connectivity index (χ0) is 27.4. The van der Waals surface area contributed by atoms with E-state index in [0.717, 1.165) is 80.2 Å². The Morgan fingerprint density at radius 1 is 0.805 bits per heavy atom. The number of fused-ring (bicyclic) bond motifs is 7. The summed E-state index contributed by atoms with van der Waals surface area (Å²) in [5.41, 5.74) is 8.03. The normalized spacial score (nSPS) is 20.7. The van der Waals surface area contributed by atoms with Crippen LogP contribution in [0.5, 0.6) is 0 Å². The number of allylic oxidation sites excluding steroid dienone is 5. The number of aromatic nitrogens is 2. The van der Waals surface area contributed by atoms with Crippen molar-refractivity contribution in [2.24, 2.45) is 4.99 Å². The van der Waals surface area contributed by atoms with Crippen LogP contribution in [-0.4, -0.2) is 21.4 Å². The Hall–Kier alpha value is -4.53. The fourth-order valence-corrected chi connectivity index (χ4v) is 10.1. The molecule has 2 aliphatic heterocycles. The minimum Gasteiger partial charge on any atom is -0.313 e. The molecule has 0 radical (unpaired) electrons. The van der Waals surface area contributed by atoms with E-state index in [1.807, 2.05) is 30.6 Å². The first kappa shape index (κ1) is 24.3. The van der Waals surface area contributed by atoms with Crippen molar-refractivity contribution in [3.8, 4) is 28.1 Å². The van der Waals surface area contributed by atoms with Gasteiger partial charge in [-0.25, -0.2) is 0 Å². The molecule has 0 spiro atoms. The summed E-state index contributed by atoms with van der Waals surface area (Å²) in [5.74, 6) is 0. The van der Waals surface area contributed by atoms with Gasteiger partial charge in [0.2, 0.25) is 0 Å². The molecule has 4 nitrogen and oxygen atoms in total. The summed E-state index contributed by atoms with van der Waals surface area (Å²) in [7, 11) is -3.07. The fraction of sp³-hybridized carbons (Fsp3) is 0.111. The van der Waals surface area contributed by atoms with Crippen molar-refractivity contribution >= 4 is 40.6 Å². The van der Waals surface area contributed by atoms with E-state index in [-0.39, 0.29) is 5.66 Å². The average molecular weight is 550 g/mol. The Bertz CT molecular complexity index is 2010. The molecule has 5 aromatic rings. The summed E-state index contributed by atoms with van der Waals surface area (Å²) in [6.07, 6.45) is 17.2. The van der Waals surface area contributed by atoms with Crippen LogP contribution in [0.4, 0.5) is 0 Å². The summed E-state index contributed by atoms with van der Waals surface area (Å²) in [5, 5.41) is 3.00. The van der Waals surface area contributed by atoms with Crippen LogP contribution in [0.1, 0.15) is 25.0 Å². The van der Waals surface area contributed by atoms with Gasteiger partial charge in [-0.3, -0.25) is 9.98 Å². The molecule has 41 heavy (non-hydrogen) atoms. The molecule has 3 aliphatic rings. The maximum absolute atomic E-state index is 15.7. The van der Waals surface area contributed by atoms with Crippen LogP contribution in [0.2, 0.25) is 0 Å². The zero-order valence-electron chi connectivity index (χ0n) is 22.5. The number of para-hydroxylation sites is 1. The second-order valence-electron chi connectivity index (χ2n) is 10.8. The lowest BCUT2D eigenvalue weighted by Gasteiger charge is -2.28. The second-order valence-corrected chi connectivity index (χ2v) is 13.7. The highest BCUT2D eigenvalue weighted by atomic mass is 31.2. The maximum atomic E-state index is 15.7. The summed E-state index contributed by atoms with van der Waals surface area (Å²) in [6.45, 7) is 0. The van der Waals surface area contributed by atoms with Gasteiger partial charge >= 0.3 is 0 Å². The van der Waals surface area contributed by atoms with Crippen LogP contribution < -0.4 is 10.6 Å². The Kier molecular flexibility index (Phi) is 5.65. The average Bonchev–Trinajstić information content (AvgIpc) is 3.36. The van der Waals surface area contributed by atoms with E-state index in [9.17, 15) is 0 Å². The third-order valence-corrected chi connectivity index (χ3v) is 12.0. The maximum Gasteiger partial charge on any atom is 0.151 e. The monoisotopic (exact) mass is 549 g/mol. The number of benzene rings is 3. The molecule has 5 heteroatoms.